The highest BCUT2D eigenvalue weighted by molar-refractivity contribution is 9.10. The number of aromatic nitrogens is 1. The maximum atomic E-state index is 11.1. The molecular formula is C15H17BrN2O2S. The number of anilines is 1. The first-order chi connectivity index (χ1) is 10.1. The minimum atomic E-state index is -0.202. The SMILES string of the molecule is COC(=O)CCc1csc(N(C)Cc2cccc(Br)c2)n1. The van der Waals surface area contributed by atoms with Crippen LogP contribution in [0.3, 0.4) is 0 Å². The first-order valence-electron chi connectivity index (χ1n) is 6.55. The molecule has 0 saturated heterocycles. The molecular weight excluding hydrogens is 352 g/mol. The summed E-state index contributed by atoms with van der Waals surface area (Å²) >= 11 is 5.07. The fourth-order valence-corrected chi connectivity index (χ4v) is 3.17. The summed E-state index contributed by atoms with van der Waals surface area (Å²) in [5, 5.41) is 2.95. The van der Waals surface area contributed by atoms with E-state index in [9.17, 15) is 4.79 Å². The van der Waals surface area contributed by atoms with Crippen LogP contribution in [0.2, 0.25) is 0 Å². The molecule has 2 aromatic rings. The molecule has 0 radical (unpaired) electrons. The van der Waals surface area contributed by atoms with E-state index in [1.165, 1.54) is 12.7 Å². The lowest BCUT2D eigenvalue weighted by Gasteiger charge is -2.15. The molecule has 6 heteroatoms. The van der Waals surface area contributed by atoms with E-state index in [1.807, 2.05) is 24.6 Å². The normalized spacial score (nSPS) is 10.4. The summed E-state index contributed by atoms with van der Waals surface area (Å²) in [6.07, 6.45) is 0.989. The van der Waals surface area contributed by atoms with Crippen LogP contribution in [0, 0.1) is 0 Å². The predicted octanol–water partition coefficient (Wildman–Crippen LogP) is 3.65. The summed E-state index contributed by atoms with van der Waals surface area (Å²) in [4.78, 5) is 17.8. The van der Waals surface area contributed by atoms with Crippen LogP contribution in [0.5, 0.6) is 0 Å². The van der Waals surface area contributed by atoms with Crippen molar-refractivity contribution in [2.24, 2.45) is 0 Å². The number of carbonyl (C=O) groups is 1. The summed E-state index contributed by atoms with van der Waals surface area (Å²) in [5.41, 5.74) is 2.15. The van der Waals surface area contributed by atoms with Crippen LogP contribution in [-0.4, -0.2) is 25.1 Å². The number of nitrogens with zero attached hydrogens (tertiary/aromatic N) is 2. The van der Waals surface area contributed by atoms with Gasteiger partial charge in [-0.3, -0.25) is 4.79 Å². The zero-order valence-electron chi connectivity index (χ0n) is 12.0. The molecule has 1 aromatic heterocycles. The van der Waals surface area contributed by atoms with E-state index >= 15 is 0 Å². The van der Waals surface area contributed by atoms with E-state index < -0.39 is 0 Å². The van der Waals surface area contributed by atoms with Gasteiger partial charge < -0.3 is 9.64 Å². The van der Waals surface area contributed by atoms with Crippen LogP contribution in [-0.2, 0) is 22.5 Å². The zero-order valence-corrected chi connectivity index (χ0v) is 14.4. The van der Waals surface area contributed by atoms with Crippen molar-refractivity contribution >= 4 is 38.4 Å². The van der Waals surface area contributed by atoms with E-state index in [0.717, 1.165) is 21.8 Å². The van der Waals surface area contributed by atoms with Crippen molar-refractivity contribution in [3.63, 3.8) is 0 Å². The van der Waals surface area contributed by atoms with E-state index in [4.69, 9.17) is 0 Å². The number of halogens is 1. The molecule has 0 unspecified atom stereocenters. The number of hydrogen-bond donors (Lipinski definition) is 0. The van der Waals surface area contributed by atoms with Gasteiger partial charge in [-0.2, -0.15) is 0 Å². The van der Waals surface area contributed by atoms with Gasteiger partial charge in [-0.05, 0) is 17.7 Å². The third-order valence-electron chi connectivity index (χ3n) is 2.99. The van der Waals surface area contributed by atoms with Crippen LogP contribution < -0.4 is 4.90 Å². The summed E-state index contributed by atoms with van der Waals surface area (Å²) in [6, 6.07) is 8.23. The second-order valence-corrected chi connectivity index (χ2v) is 6.44. The van der Waals surface area contributed by atoms with Crippen molar-refractivity contribution in [2.45, 2.75) is 19.4 Å². The van der Waals surface area contributed by atoms with Gasteiger partial charge in [0.1, 0.15) is 0 Å². The maximum Gasteiger partial charge on any atom is 0.305 e. The number of rotatable bonds is 6. The number of hydrogen-bond acceptors (Lipinski definition) is 5. The van der Waals surface area contributed by atoms with Gasteiger partial charge in [0.2, 0.25) is 0 Å². The number of benzene rings is 1. The van der Waals surface area contributed by atoms with Crippen molar-refractivity contribution in [3.8, 4) is 0 Å². The van der Waals surface area contributed by atoms with Crippen molar-refractivity contribution in [1.29, 1.82) is 0 Å². The summed E-state index contributed by atoms with van der Waals surface area (Å²) < 4.78 is 5.71. The molecule has 0 fully saturated rings. The molecule has 0 saturated carbocycles. The summed E-state index contributed by atoms with van der Waals surface area (Å²) in [7, 11) is 3.42. The minimum absolute atomic E-state index is 0.202. The number of methoxy groups -OCH3 is 1. The molecule has 0 spiro atoms. The average Bonchev–Trinajstić information content (AvgIpc) is 2.93. The molecule has 2 rings (SSSR count). The number of esters is 1. The molecule has 0 bridgehead atoms. The lowest BCUT2D eigenvalue weighted by Crippen LogP contribution is -2.16. The standard InChI is InChI=1S/C15H17BrN2O2S/c1-18(9-11-4-3-5-12(16)8-11)15-17-13(10-21-15)6-7-14(19)20-2/h3-5,8,10H,6-7,9H2,1-2H3. The van der Waals surface area contributed by atoms with E-state index in [1.54, 1.807) is 11.3 Å². The zero-order chi connectivity index (χ0) is 15.2. The van der Waals surface area contributed by atoms with E-state index in [-0.39, 0.29) is 5.97 Å². The third-order valence-corrected chi connectivity index (χ3v) is 4.48. The Hall–Kier alpha value is -1.40. The first kappa shape index (κ1) is 16.0. The highest BCUT2D eigenvalue weighted by atomic mass is 79.9. The van der Waals surface area contributed by atoms with Crippen LogP contribution in [0.1, 0.15) is 17.7 Å². The summed E-state index contributed by atoms with van der Waals surface area (Å²) in [6.45, 7) is 0.795. The largest absolute Gasteiger partial charge is 0.469 e. The second-order valence-electron chi connectivity index (χ2n) is 4.68. The molecule has 0 amide bonds. The highest BCUT2D eigenvalue weighted by Crippen LogP contribution is 2.22. The van der Waals surface area contributed by atoms with Crippen molar-refractivity contribution in [3.05, 3.63) is 45.4 Å². The van der Waals surface area contributed by atoms with Gasteiger partial charge in [-0.1, -0.05) is 28.1 Å². The van der Waals surface area contributed by atoms with Gasteiger partial charge >= 0.3 is 5.97 Å². The van der Waals surface area contributed by atoms with Gasteiger partial charge in [0.05, 0.1) is 19.2 Å². The van der Waals surface area contributed by atoms with Crippen molar-refractivity contribution in [1.82, 2.24) is 4.98 Å². The number of ether oxygens (including phenoxy) is 1. The lowest BCUT2D eigenvalue weighted by molar-refractivity contribution is -0.140. The number of carbonyl (C=O) groups excluding carboxylic acids is 1. The highest BCUT2D eigenvalue weighted by Gasteiger charge is 2.09. The second kappa shape index (κ2) is 7.56. The predicted molar refractivity (Wildman–Crippen MR) is 88.7 cm³/mol. The Morgan fingerprint density at radius 2 is 2.29 bits per heavy atom. The molecule has 1 aromatic carbocycles. The lowest BCUT2D eigenvalue weighted by atomic mass is 10.2. The third kappa shape index (κ3) is 4.82. The number of thiazole rings is 1. The molecule has 1 heterocycles. The van der Waals surface area contributed by atoms with Crippen molar-refractivity contribution in [2.75, 3.05) is 19.1 Å². The Kier molecular flexibility index (Phi) is 5.76. The van der Waals surface area contributed by atoms with Gasteiger partial charge in [-0.25, -0.2) is 4.98 Å². The summed E-state index contributed by atoms with van der Waals surface area (Å²) in [5.74, 6) is -0.202. The molecule has 0 aliphatic rings. The van der Waals surface area contributed by atoms with Gasteiger partial charge in [0, 0.05) is 29.9 Å². The molecule has 0 aliphatic carbocycles. The van der Waals surface area contributed by atoms with E-state index in [0.29, 0.717) is 12.8 Å². The van der Waals surface area contributed by atoms with Gasteiger partial charge in [-0.15, -0.1) is 11.3 Å². The van der Waals surface area contributed by atoms with Crippen LogP contribution in [0.25, 0.3) is 0 Å². The van der Waals surface area contributed by atoms with Gasteiger partial charge in [0.15, 0.2) is 5.13 Å². The number of aryl methyl sites for hydroxylation is 1. The Bertz CT molecular complexity index is 615. The quantitative estimate of drug-likeness (QED) is 0.729. The van der Waals surface area contributed by atoms with Crippen LogP contribution >= 0.6 is 27.3 Å². The maximum absolute atomic E-state index is 11.1. The fourth-order valence-electron chi connectivity index (χ4n) is 1.90. The van der Waals surface area contributed by atoms with Crippen molar-refractivity contribution < 1.29 is 9.53 Å². The Morgan fingerprint density at radius 1 is 1.48 bits per heavy atom. The Balaban J connectivity index is 1.95. The molecule has 21 heavy (non-hydrogen) atoms. The van der Waals surface area contributed by atoms with E-state index in [2.05, 4.69) is 42.7 Å². The smallest absolute Gasteiger partial charge is 0.305 e. The molecule has 4 nitrogen and oxygen atoms in total. The Morgan fingerprint density at radius 3 is 3.00 bits per heavy atom. The first-order valence-corrected chi connectivity index (χ1v) is 8.22. The minimum Gasteiger partial charge on any atom is -0.469 e. The molecule has 0 N–H and O–H groups in total. The van der Waals surface area contributed by atoms with Gasteiger partial charge in [0.25, 0.3) is 0 Å². The Labute approximate surface area is 136 Å². The molecule has 0 atom stereocenters. The molecule has 112 valence electrons. The van der Waals surface area contributed by atoms with Crippen LogP contribution in [0.15, 0.2) is 34.1 Å². The monoisotopic (exact) mass is 368 g/mol. The fraction of sp³-hybridized carbons (Fsp3) is 0.333. The topological polar surface area (TPSA) is 42.4 Å². The average molecular weight is 369 g/mol. The molecule has 0 aliphatic heterocycles. The van der Waals surface area contributed by atoms with Crippen LogP contribution in [0.4, 0.5) is 5.13 Å².